The minimum absolute atomic E-state index is 0.375. The van der Waals surface area contributed by atoms with Crippen molar-refractivity contribution in [3.8, 4) is 5.75 Å². The van der Waals surface area contributed by atoms with Crippen LogP contribution >= 0.6 is 0 Å². The molecule has 4 heteroatoms. The number of rotatable bonds is 8. The van der Waals surface area contributed by atoms with E-state index in [4.69, 9.17) is 9.47 Å². The van der Waals surface area contributed by atoms with E-state index in [1.54, 1.807) is 12.1 Å². The highest BCUT2D eigenvalue weighted by molar-refractivity contribution is 5.83. The molecule has 1 unspecified atom stereocenters. The summed E-state index contributed by atoms with van der Waals surface area (Å²) in [6.07, 6.45) is 9.32. The summed E-state index contributed by atoms with van der Waals surface area (Å²) >= 11 is 0. The SMILES string of the molecule is C=CC(=O)OCCCC1=CC=C(c2ccc(OC(=O)C=C)cc2)C(C)C1. The summed E-state index contributed by atoms with van der Waals surface area (Å²) in [5, 5.41) is 0. The van der Waals surface area contributed by atoms with Crippen LogP contribution < -0.4 is 4.74 Å². The molecule has 0 bridgehead atoms. The van der Waals surface area contributed by atoms with E-state index in [-0.39, 0.29) is 5.97 Å². The van der Waals surface area contributed by atoms with Gasteiger partial charge in [0.25, 0.3) is 0 Å². The Labute approximate surface area is 154 Å². The first-order valence-corrected chi connectivity index (χ1v) is 8.67. The fourth-order valence-electron chi connectivity index (χ4n) is 2.91. The number of allylic oxidation sites excluding steroid dienone is 4. The van der Waals surface area contributed by atoms with Crippen LogP contribution in [0.15, 0.2) is 67.3 Å². The third kappa shape index (κ3) is 5.59. The molecule has 0 fully saturated rings. The molecule has 136 valence electrons. The van der Waals surface area contributed by atoms with Crippen molar-refractivity contribution >= 4 is 17.5 Å². The summed E-state index contributed by atoms with van der Waals surface area (Å²) in [4.78, 5) is 22.2. The Bertz CT molecular complexity index is 738. The first-order chi connectivity index (χ1) is 12.5. The van der Waals surface area contributed by atoms with Crippen LogP contribution in [0.1, 0.15) is 31.7 Å². The van der Waals surface area contributed by atoms with E-state index in [1.165, 1.54) is 17.2 Å². The predicted molar refractivity (Wildman–Crippen MR) is 103 cm³/mol. The molecule has 0 aliphatic heterocycles. The minimum atomic E-state index is -0.464. The minimum Gasteiger partial charge on any atom is -0.463 e. The topological polar surface area (TPSA) is 52.6 Å². The molecule has 0 heterocycles. The first-order valence-electron chi connectivity index (χ1n) is 8.67. The summed E-state index contributed by atoms with van der Waals surface area (Å²) in [6, 6.07) is 7.50. The summed E-state index contributed by atoms with van der Waals surface area (Å²) in [5.41, 5.74) is 3.73. The highest BCUT2D eigenvalue weighted by atomic mass is 16.5. The van der Waals surface area contributed by atoms with Crippen LogP contribution in [-0.2, 0) is 14.3 Å². The van der Waals surface area contributed by atoms with Crippen LogP contribution in [-0.4, -0.2) is 18.5 Å². The molecule has 1 atom stereocenters. The van der Waals surface area contributed by atoms with Crippen LogP contribution in [0.5, 0.6) is 5.75 Å². The Morgan fingerprint density at radius 1 is 1.12 bits per heavy atom. The van der Waals surface area contributed by atoms with Crippen molar-refractivity contribution in [2.24, 2.45) is 5.92 Å². The monoisotopic (exact) mass is 352 g/mol. The van der Waals surface area contributed by atoms with Crippen molar-refractivity contribution < 1.29 is 19.1 Å². The predicted octanol–water partition coefficient (Wildman–Crippen LogP) is 4.64. The largest absolute Gasteiger partial charge is 0.463 e. The Morgan fingerprint density at radius 2 is 1.81 bits per heavy atom. The normalized spacial score (nSPS) is 16.1. The number of esters is 2. The molecule has 0 radical (unpaired) electrons. The molecule has 2 rings (SSSR count). The van der Waals surface area contributed by atoms with Gasteiger partial charge < -0.3 is 9.47 Å². The van der Waals surface area contributed by atoms with Crippen LogP contribution in [0.25, 0.3) is 5.57 Å². The van der Waals surface area contributed by atoms with E-state index in [0.29, 0.717) is 18.3 Å². The van der Waals surface area contributed by atoms with Gasteiger partial charge in [-0.25, -0.2) is 9.59 Å². The van der Waals surface area contributed by atoms with Crippen LogP contribution in [0.4, 0.5) is 0 Å². The lowest BCUT2D eigenvalue weighted by atomic mass is 9.83. The molecule has 0 saturated carbocycles. The molecular weight excluding hydrogens is 328 g/mol. The van der Waals surface area contributed by atoms with Crippen LogP contribution in [0, 0.1) is 5.92 Å². The smallest absolute Gasteiger partial charge is 0.335 e. The Hall–Kier alpha value is -2.88. The number of hydrogen-bond donors (Lipinski definition) is 0. The molecule has 0 spiro atoms. The molecule has 1 aliphatic rings. The lowest BCUT2D eigenvalue weighted by Gasteiger charge is -2.22. The fraction of sp³-hybridized carbons (Fsp3) is 0.273. The molecule has 0 aromatic heterocycles. The Kier molecular flexibility index (Phi) is 7.15. The highest BCUT2D eigenvalue weighted by Gasteiger charge is 2.16. The zero-order valence-corrected chi connectivity index (χ0v) is 15.1. The standard InChI is InChI=1S/C22H24O4/c1-4-21(23)25-14-6-7-17-8-13-20(16(3)15-17)18-9-11-19(12-10-18)26-22(24)5-2/h4-5,8-13,16H,1-2,6-7,14-15H2,3H3. The summed E-state index contributed by atoms with van der Waals surface area (Å²) in [6.45, 7) is 9.37. The lowest BCUT2D eigenvalue weighted by molar-refractivity contribution is -0.137. The van der Waals surface area contributed by atoms with Crippen molar-refractivity contribution in [1.82, 2.24) is 0 Å². The third-order valence-electron chi connectivity index (χ3n) is 4.22. The van der Waals surface area contributed by atoms with Crippen molar-refractivity contribution in [1.29, 1.82) is 0 Å². The maximum atomic E-state index is 11.2. The van der Waals surface area contributed by atoms with Crippen molar-refractivity contribution in [3.63, 3.8) is 0 Å². The number of benzene rings is 1. The van der Waals surface area contributed by atoms with Gasteiger partial charge in [-0.1, -0.05) is 49.9 Å². The second-order valence-electron chi connectivity index (χ2n) is 6.18. The molecule has 0 saturated heterocycles. The molecular formula is C22H24O4. The van der Waals surface area contributed by atoms with Gasteiger partial charge in [0.1, 0.15) is 5.75 Å². The second kappa shape index (κ2) is 9.56. The zero-order chi connectivity index (χ0) is 18.9. The van der Waals surface area contributed by atoms with Crippen molar-refractivity contribution in [3.05, 3.63) is 72.9 Å². The van der Waals surface area contributed by atoms with Crippen LogP contribution in [0.2, 0.25) is 0 Å². The van der Waals surface area contributed by atoms with Crippen molar-refractivity contribution in [2.45, 2.75) is 26.2 Å². The van der Waals surface area contributed by atoms with E-state index in [9.17, 15) is 9.59 Å². The Balaban J connectivity index is 1.95. The van der Waals surface area contributed by atoms with Gasteiger partial charge in [-0.3, -0.25) is 0 Å². The van der Waals surface area contributed by atoms with Gasteiger partial charge in [-0.15, -0.1) is 0 Å². The number of carbonyl (C=O) groups is 2. The van der Waals surface area contributed by atoms with Crippen molar-refractivity contribution in [2.75, 3.05) is 6.61 Å². The maximum absolute atomic E-state index is 11.2. The first kappa shape index (κ1) is 19.4. The highest BCUT2D eigenvalue weighted by Crippen LogP contribution is 2.34. The molecule has 1 aliphatic carbocycles. The summed E-state index contributed by atoms with van der Waals surface area (Å²) in [7, 11) is 0. The van der Waals surface area contributed by atoms with Gasteiger partial charge >= 0.3 is 11.9 Å². The second-order valence-corrected chi connectivity index (χ2v) is 6.18. The average Bonchev–Trinajstić information content (AvgIpc) is 2.65. The molecule has 1 aromatic carbocycles. The van der Waals surface area contributed by atoms with Gasteiger partial charge in [-0.05, 0) is 48.4 Å². The van der Waals surface area contributed by atoms with Gasteiger partial charge in [0.15, 0.2) is 0 Å². The van der Waals surface area contributed by atoms with Crippen LogP contribution in [0.3, 0.4) is 0 Å². The van der Waals surface area contributed by atoms with Gasteiger partial charge in [-0.2, -0.15) is 0 Å². The molecule has 1 aromatic rings. The molecule has 0 N–H and O–H groups in total. The molecule has 4 nitrogen and oxygen atoms in total. The van der Waals surface area contributed by atoms with E-state index in [1.807, 2.05) is 12.1 Å². The number of hydrogen-bond acceptors (Lipinski definition) is 4. The maximum Gasteiger partial charge on any atom is 0.335 e. The van der Waals surface area contributed by atoms with Gasteiger partial charge in [0, 0.05) is 12.2 Å². The van der Waals surface area contributed by atoms with E-state index in [2.05, 4.69) is 32.2 Å². The van der Waals surface area contributed by atoms with Gasteiger partial charge in [0.2, 0.25) is 0 Å². The summed E-state index contributed by atoms with van der Waals surface area (Å²) in [5.74, 6) is 0.0649. The number of carbonyl (C=O) groups excluding carboxylic acids is 2. The van der Waals surface area contributed by atoms with Gasteiger partial charge in [0.05, 0.1) is 6.61 Å². The Morgan fingerprint density at radius 3 is 2.42 bits per heavy atom. The zero-order valence-electron chi connectivity index (χ0n) is 15.1. The number of ether oxygens (including phenoxy) is 2. The third-order valence-corrected chi connectivity index (χ3v) is 4.22. The molecule has 26 heavy (non-hydrogen) atoms. The van der Waals surface area contributed by atoms with E-state index in [0.717, 1.165) is 30.9 Å². The lowest BCUT2D eigenvalue weighted by Crippen LogP contribution is -2.07. The fourth-order valence-corrected chi connectivity index (χ4v) is 2.91. The quantitative estimate of drug-likeness (QED) is 0.296. The summed E-state index contributed by atoms with van der Waals surface area (Å²) < 4.78 is 10.1. The van der Waals surface area contributed by atoms with E-state index >= 15 is 0 Å². The van der Waals surface area contributed by atoms with E-state index < -0.39 is 5.97 Å². The average molecular weight is 352 g/mol. The molecule has 0 amide bonds.